The van der Waals surface area contributed by atoms with Gasteiger partial charge in [0.15, 0.2) is 0 Å². The van der Waals surface area contributed by atoms with Gasteiger partial charge in [0.1, 0.15) is 6.35 Å². The van der Waals surface area contributed by atoms with Gasteiger partial charge in [-0.25, -0.2) is 4.31 Å². The van der Waals surface area contributed by atoms with E-state index in [-0.39, 0.29) is 0 Å². The second-order valence-electron chi connectivity index (χ2n) is 1.14. The third-order valence-electron chi connectivity index (χ3n) is 0.399. The molecule has 0 aromatic rings. The van der Waals surface area contributed by atoms with Crippen LogP contribution in [0.15, 0.2) is 0 Å². The molecule has 0 fully saturated rings. The molecule has 0 radical (unpaired) electrons. The highest BCUT2D eigenvalue weighted by Gasteiger charge is 2.19. The first-order valence-corrected chi connectivity index (χ1v) is 4.86. The van der Waals surface area contributed by atoms with Crippen LogP contribution < -0.4 is 0 Å². The minimum atomic E-state index is -4.19. The van der Waals surface area contributed by atoms with E-state index in [4.69, 9.17) is 14.9 Å². The minimum Gasteiger partial charge on any atom is -0.384 e. The highest BCUT2D eigenvalue weighted by molar-refractivity contribution is 7.59. The van der Waals surface area contributed by atoms with Gasteiger partial charge in [-0.15, -0.1) is 0 Å². The molecule has 0 heterocycles. The molecule has 3 N–H and O–H groups in total. The molecule has 2 atom stereocenters. The molecule has 0 aromatic heterocycles. The SMILES string of the molecule is O=[PH](O)OP(=O)(O)CO. The van der Waals surface area contributed by atoms with Gasteiger partial charge in [-0.3, -0.25) is 9.13 Å². The summed E-state index contributed by atoms with van der Waals surface area (Å²) in [5.74, 6) is 0. The summed E-state index contributed by atoms with van der Waals surface area (Å²) in [6.07, 6.45) is -1.15. The third-order valence-corrected chi connectivity index (χ3v) is 2.52. The van der Waals surface area contributed by atoms with Crippen LogP contribution in [0.4, 0.5) is 0 Å². The molecule has 0 saturated carbocycles. The van der Waals surface area contributed by atoms with Crippen molar-refractivity contribution in [2.75, 3.05) is 6.35 Å². The van der Waals surface area contributed by atoms with Crippen LogP contribution in [0.3, 0.4) is 0 Å². The van der Waals surface area contributed by atoms with Gasteiger partial charge in [-0.1, -0.05) is 0 Å². The van der Waals surface area contributed by atoms with E-state index in [1.165, 1.54) is 0 Å². The predicted molar refractivity (Wildman–Crippen MR) is 29.2 cm³/mol. The Bertz CT molecular complexity index is 151. The minimum absolute atomic E-state index is 1.15. The van der Waals surface area contributed by atoms with Crippen molar-refractivity contribution in [2.45, 2.75) is 0 Å². The molecule has 0 aliphatic carbocycles. The Morgan fingerprint density at radius 3 is 2.22 bits per heavy atom. The van der Waals surface area contributed by atoms with E-state index in [1.807, 2.05) is 0 Å². The maximum atomic E-state index is 10.1. The number of aliphatic hydroxyl groups is 1. The standard InChI is InChI=1S/CH6O6P2/c2-1-9(5,6)7-8(3)4/h2,8H,1H2,(H,3,4)(H,5,6). The predicted octanol–water partition coefficient (Wildman–Crippen LogP) is -0.480. The molecular formula is CH6O6P2. The lowest BCUT2D eigenvalue weighted by atomic mass is 11.7. The van der Waals surface area contributed by atoms with E-state index < -0.39 is 22.2 Å². The average molecular weight is 176 g/mol. The molecule has 0 saturated heterocycles. The van der Waals surface area contributed by atoms with Crippen molar-refractivity contribution >= 4 is 15.9 Å². The third kappa shape index (κ3) is 4.78. The maximum absolute atomic E-state index is 10.1. The zero-order valence-corrected chi connectivity index (χ0v) is 6.12. The zero-order chi connectivity index (χ0) is 7.49. The quantitative estimate of drug-likeness (QED) is 0.501. The smallest absolute Gasteiger partial charge is 0.360 e. The van der Waals surface area contributed by atoms with Crippen LogP contribution in [0.1, 0.15) is 0 Å². The molecule has 0 aliphatic heterocycles. The van der Waals surface area contributed by atoms with Crippen LogP contribution in [0.25, 0.3) is 0 Å². The fourth-order valence-corrected chi connectivity index (χ4v) is 1.36. The van der Waals surface area contributed by atoms with Gasteiger partial charge in [0.25, 0.3) is 0 Å². The molecule has 0 rings (SSSR count). The van der Waals surface area contributed by atoms with Gasteiger partial charge < -0.3 is 14.9 Å². The highest BCUT2D eigenvalue weighted by Crippen LogP contribution is 2.48. The zero-order valence-electron chi connectivity index (χ0n) is 4.22. The molecule has 2 unspecified atom stereocenters. The van der Waals surface area contributed by atoms with E-state index in [0.29, 0.717) is 0 Å². The Kier molecular flexibility index (Phi) is 3.58. The van der Waals surface area contributed by atoms with Crippen molar-refractivity contribution in [1.82, 2.24) is 0 Å². The molecule has 0 spiro atoms. The number of hydrogen-bond donors (Lipinski definition) is 3. The molecule has 0 aromatic carbocycles. The summed E-state index contributed by atoms with van der Waals surface area (Å²) in [5, 5.41) is 7.97. The summed E-state index contributed by atoms with van der Waals surface area (Å²) in [5.41, 5.74) is 0. The normalized spacial score (nSPS) is 20.8. The number of hydrogen-bond acceptors (Lipinski definition) is 4. The van der Waals surface area contributed by atoms with Crippen molar-refractivity contribution in [3.05, 3.63) is 0 Å². The highest BCUT2D eigenvalue weighted by atomic mass is 31.2. The first kappa shape index (κ1) is 9.30. The lowest BCUT2D eigenvalue weighted by Crippen LogP contribution is -1.86. The lowest BCUT2D eigenvalue weighted by Gasteiger charge is -2.03. The van der Waals surface area contributed by atoms with Crippen LogP contribution in [0, 0.1) is 0 Å². The maximum Gasteiger partial charge on any atom is 0.360 e. The Morgan fingerprint density at radius 1 is 1.67 bits per heavy atom. The van der Waals surface area contributed by atoms with Crippen LogP contribution in [-0.2, 0) is 13.4 Å². The van der Waals surface area contributed by atoms with Gasteiger partial charge in [-0.2, -0.15) is 0 Å². The molecule has 56 valence electrons. The van der Waals surface area contributed by atoms with E-state index in [1.54, 1.807) is 0 Å². The second kappa shape index (κ2) is 3.46. The Hall–Kier alpha value is 0.300. The molecule has 0 bridgehead atoms. The van der Waals surface area contributed by atoms with Gasteiger partial charge in [0.2, 0.25) is 0 Å². The van der Waals surface area contributed by atoms with Crippen LogP contribution in [0.5, 0.6) is 0 Å². The fraction of sp³-hybridized carbons (Fsp3) is 1.00. The van der Waals surface area contributed by atoms with Crippen LogP contribution >= 0.6 is 15.9 Å². The van der Waals surface area contributed by atoms with E-state index >= 15 is 0 Å². The van der Waals surface area contributed by atoms with Crippen molar-refractivity contribution in [1.29, 1.82) is 0 Å². The fourth-order valence-electron chi connectivity index (χ4n) is 0.151. The summed E-state index contributed by atoms with van der Waals surface area (Å²) in [6, 6.07) is 0. The van der Waals surface area contributed by atoms with E-state index in [9.17, 15) is 9.13 Å². The van der Waals surface area contributed by atoms with Crippen molar-refractivity contribution in [3.63, 3.8) is 0 Å². The first-order chi connectivity index (χ1) is 3.98. The summed E-state index contributed by atoms with van der Waals surface area (Å²) in [7, 11) is -7.62. The molecule has 0 aliphatic rings. The van der Waals surface area contributed by atoms with Crippen molar-refractivity contribution in [2.24, 2.45) is 0 Å². The molecule has 6 nitrogen and oxygen atoms in total. The first-order valence-electron chi connectivity index (χ1n) is 1.83. The largest absolute Gasteiger partial charge is 0.384 e. The van der Waals surface area contributed by atoms with Crippen molar-refractivity contribution < 1.29 is 28.3 Å². The molecule has 9 heavy (non-hydrogen) atoms. The second-order valence-corrected chi connectivity index (χ2v) is 3.96. The molecule has 0 amide bonds. The monoisotopic (exact) mass is 176 g/mol. The Morgan fingerprint density at radius 2 is 2.11 bits per heavy atom. The van der Waals surface area contributed by atoms with Crippen LogP contribution in [0.2, 0.25) is 0 Å². The number of rotatable bonds is 3. The van der Waals surface area contributed by atoms with E-state index in [2.05, 4.69) is 4.31 Å². The molecular weight excluding hydrogens is 170 g/mol. The van der Waals surface area contributed by atoms with Gasteiger partial charge in [-0.05, 0) is 0 Å². The topological polar surface area (TPSA) is 104 Å². The van der Waals surface area contributed by atoms with Gasteiger partial charge >= 0.3 is 15.9 Å². The summed E-state index contributed by atoms with van der Waals surface area (Å²) in [4.78, 5) is 16.1. The van der Waals surface area contributed by atoms with Crippen LogP contribution in [-0.4, -0.2) is 21.2 Å². The summed E-state index contributed by atoms with van der Waals surface area (Å²) < 4.78 is 23.4. The molecule has 8 heteroatoms. The van der Waals surface area contributed by atoms with Gasteiger partial charge in [0, 0.05) is 0 Å². The lowest BCUT2D eigenvalue weighted by molar-refractivity contribution is 0.285. The Labute approximate surface area is 51.6 Å². The summed E-state index contributed by atoms with van der Waals surface area (Å²) >= 11 is 0. The van der Waals surface area contributed by atoms with E-state index in [0.717, 1.165) is 0 Å². The van der Waals surface area contributed by atoms with Gasteiger partial charge in [0.05, 0.1) is 0 Å². The Balaban J connectivity index is 3.88. The number of aliphatic hydroxyl groups excluding tert-OH is 1. The average Bonchev–Trinajstić information content (AvgIpc) is 1.63. The summed E-state index contributed by atoms with van der Waals surface area (Å²) in [6.45, 7) is 0. The van der Waals surface area contributed by atoms with Crippen molar-refractivity contribution in [3.8, 4) is 0 Å².